The predicted octanol–water partition coefficient (Wildman–Crippen LogP) is 5.71. The van der Waals surface area contributed by atoms with Gasteiger partial charge in [-0.05, 0) is 55.2 Å². The molecule has 1 atom stereocenters. The van der Waals surface area contributed by atoms with Gasteiger partial charge in [0.15, 0.2) is 17.2 Å². The number of rotatable bonds is 9. The third-order valence-corrected chi connectivity index (χ3v) is 6.53. The van der Waals surface area contributed by atoms with Gasteiger partial charge in [0.1, 0.15) is 6.26 Å². The van der Waals surface area contributed by atoms with E-state index in [2.05, 4.69) is 47.2 Å². The van der Waals surface area contributed by atoms with Gasteiger partial charge in [-0.25, -0.2) is 4.98 Å². The minimum absolute atomic E-state index is 0.138. The third-order valence-electron chi connectivity index (χ3n) is 6.53. The Morgan fingerprint density at radius 3 is 2.62 bits per heavy atom. The van der Waals surface area contributed by atoms with Gasteiger partial charge in [0, 0.05) is 13.1 Å². The summed E-state index contributed by atoms with van der Waals surface area (Å²) in [6.07, 6.45) is 1.43. The Morgan fingerprint density at radius 2 is 1.78 bits per heavy atom. The number of amides is 1. The molecule has 0 saturated heterocycles. The molecule has 5 rings (SSSR count). The number of carbonyl (C=O) groups excluding carboxylic acids is 1. The molecule has 0 bridgehead atoms. The summed E-state index contributed by atoms with van der Waals surface area (Å²) in [6.45, 7) is 8.22. The van der Waals surface area contributed by atoms with Gasteiger partial charge in [0.25, 0.3) is 5.91 Å². The summed E-state index contributed by atoms with van der Waals surface area (Å²) in [6, 6.07) is 22.2. The van der Waals surface area contributed by atoms with Crippen LogP contribution in [0.5, 0.6) is 11.5 Å². The highest BCUT2D eigenvalue weighted by Crippen LogP contribution is 2.33. The van der Waals surface area contributed by atoms with E-state index in [9.17, 15) is 4.79 Å². The van der Waals surface area contributed by atoms with Crippen LogP contribution in [0, 0.1) is 13.8 Å². The summed E-state index contributed by atoms with van der Waals surface area (Å²) in [5.74, 6) is 1.75. The van der Waals surface area contributed by atoms with Crippen LogP contribution in [-0.4, -0.2) is 22.6 Å². The lowest BCUT2D eigenvalue weighted by Gasteiger charge is -2.22. The lowest BCUT2D eigenvalue weighted by atomic mass is 10.0. The lowest BCUT2D eigenvalue weighted by Crippen LogP contribution is -2.27. The highest BCUT2D eigenvalue weighted by Gasteiger charge is 2.19. The van der Waals surface area contributed by atoms with Crippen molar-refractivity contribution in [3.8, 4) is 11.5 Å². The molecule has 1 aliphatic heterocycles. The molecule has 1 amide bonds. The molecule has 4 aromatic rings. The molecule has 1 N–H and O–H groups in total. The molecular formula is C30H31N3O4. The highest BCUT2D eigenvalue weighted by atomic mass is 16.7. The molecule has 190 valence electrons. The molecule has 1 aliphatic rings. The van der Waals surface area contributed by atoms with Crippen molar-refractivity contribution in [3.63, 3.8) is 0 Å². The maximum Gasteiger partial charge on any atom is 0.273 e. The number of hydrogen-bond donors (Lipinski definition) is 1. The standard InChI is InChI=1S/C30H31N3O4/c1-20-9-10-21(2)25(13-20)16-33(15-23-11-12-27-28(14-23)37-19-36-27)17-29-32-26(18-35-29)30(34)31-22(3)24-7-5-4-6-8-24/h4-14,18,22H,15-17,19H2,1-3H3,(H,31,34)/t22-/m1/s1. The van der Waals surface area contributed by atoms with Crippen LogP contribution in [-0.2, 0) is 19.6 Å². The molecule has 37 heavy (non-hydrogen) atoms. The minimum Gasteiger partial charge on any atom is -0.454 e. The van der Waals surface area contributed by atoms with Crippen LogP contribution in [0.3, 0.4) is 0 Å². The second kappa shape index (κ2) is 10.9. The number of aromatic nitrogens is 1. The van der Waals surface area contributed by atoms with Crippen LogP contribution in [0.2, 0.25) is 0 Å². The van der Waals surface area contributed by atoms with E-state index in [4.69, 9.17) is 13.9 Å². The van der Waals surface area contributed by atoms with E-state index in [1.807, 2.05) is 55.5 Å². The zero-order valence-electron chi connectivity index (χ0n) is 21.4. The first-order chi connectivity index (χ1) is 17.9. The van der Waals surface area contributed by atoms with E-state index in [0.29, 0.717) is 25.5 Å². The molecule has 3 aromatic carbocycles. The molecule has 7 heteroatoms. The van der Waals surface area contributed by atoms with Gasteiger partial charge in [-0.3, -0.25) is 9.69 Å². The zero-order valence-corrected chi connectivity index (χ0v) is 21.4. The average molecular weight is 498 g/mol. The molecule has 1 aromatic heterocycles. The van der Waals surface area contributed by atoms with Crippen LogP contribution in [0.4, 0.5) is 0 Å². The second-order valence-electron chi connectivity index (χ2n) is 9.50. The topological polar surface area (TPSA) is 76.8 Å². The fraction of sp³-hybridized carbons (Fsp3) is 0.267. The predicted molar refractivity (Wildman–Crippen MR) is 140 cm³/mol. The number of benzene rings is 3. The number of nitrogens with one attached hydrogen (secondary N) is 1. The molecule has 0 spiro atoms. The largest absolute Gasteiger partial charge is 0.454 e. The normalized spacial score (nSPS) is 13.1. The number of ether oxygens (including phenoxy) is 2. The number of aryl methyl sites for hydroxylation is 2. The van der Waals surface area contributed by atoms with Gasteiger partial charge in [0.2, 0.25) is 12.7 Å². The van der Waals surface area contributed by atoms with E-state index in [1.54, 1.807) is 0 Å². The van der Waals surface area contributed by atoms with Gasteiger partial charge in [-0.15, -0.1) is 0 Å². The maximum absolute atomic E-state index is 12.8. The van der Waals surface area contributed by atoms with Crippen molar-refractivity contribution in [1.82, 2.24) is 15.2 Å². The van der Waals surface area contributed by atoms with Gasteiger partial charge < -0.3 is 19.2 Å². The van der Waals surface area contributed by atoms with Crippen molar-refractivity contribution in [2.75, 3.05) is 6.79 Å². The van der Waals surface area contributed by atoms with E-state index in [0.717, 1.165) is 22.6 Å². The van der Waals surface area contributed by atoms with E-state index in [-0.39, 0.29) is 24.4 Å². The molecule has 0 fully saturated rings. The quantitative estimate of drug-likeness (QED) is 0.319. The maximum atomic E-state index is 12.8. The first kappa shape index (κ1) is 24.6. The first-order valence-electron chi connectivity index (χ1n) is 12.4. The molecule has 7 nitrogen and oxygen atoms in total. The number of hydrogen-bond acceptors (Lipinski definition) is 6. The van der Waals surface area contributed by atoms with Crippen LogP contribution in [0.25, 0.3) is 0 Å². The summed E-state index contributed by atoms with van der Waals surface area (Å²) in [5, 5.41) is 3.00. The Kier molecular flexibility index (Phi) is 7.23. The molecule has 2 heterocycles. The van der Waals surface area contributed by atoms with Crippen molar-refractivity contribution >= 4 is 5.91 Å². The zero-order chi connectivity index (χ0) is 25.8. The van der Waals surface area contributed by atoms with Crippen LogP contribution in [0.15, 0.2) is 77.4 Å². The number of carbonyl (C=O) groups is 1. The van der Waals surface area contributed by atoms with Gasteiger partial charge in [-0.1, -0.05) is 60.2 Å². The first-order valence-corrected chi connectivity index (χ1v) is 12.4. The minimum atomic E-state index is -0.261. The molecule has 0 radical (unpaired) electrons. The number of oxazole rings is 1. The summed E-state index contributed by atoms with van der Waals surface area (Å²) < 4.78 is 16.8. The van der Waals surface area contributed by atoms with Crippen molar-refractivity contribution in [2.24, 2.45) is 0 Å². The lowest BCUT2D eigenvalue weighted by molar-refractivity contribution is 0.0934. The fourth-order valence-electron chi connectivity index (χ4n) is 4.45. The average Bonchev–Trinajstić information content (AvgIpc) is 3.56. The highest BCUT2D eigenvalue weighted by molar-refractivity contribution is 5.92. The van der Waals surface area contributed by atoms with Crippen molar-refractivity contribution < 1.29 is 18.7 Å². The van der Waals surface area contributed by atoms with E-state index < -0.39 is 0 Å². The van der Waals surface area contributed by atoms with Crippen LogP contribution < -0.4 is 14.8 Å². The van der Waals surface area contributed by atoms with Crippen LogP contribution >= 0.6 is 0 Å². The van der Waals surface area contributed by atoms with E-state index >= 15 is 0 Å². The molecule has 0 saturated carbocycles. The van der Waals surface area contributed by atoms with Gasteiger partial charge in [0.05, 0.1) is 12.6 Å². The van der Waals surface area contributed by atoms with E-state index in [1.165, 1.54) is 23.0 Å². The van der Waals surface area contributed by atoms with Crippen molar-refractivity contribution in [1.29, 1.82) is 0 Å². The Hall–Kier alpha value is -4.10. The Labute approximate surface area is 217 Å². The number of fused-ring (bicyclic) bond motifs is 1. The Bertz CT molecular complexity index is 1380. The summed E-state index contributed by atoms with van der Waals surface area (Å²) in [7, 11) is 0. The van der Waals surface area contributed by atoms with Gasteiger partial charge in [-0.2, -0.15) is 0 Å². The Morgan fingerprint density at radius 1 is 0.973 bits per heavy atom. The van der Waals surface area contributed by atoms with Crippen molar-refractivity contribution in [3.05, 3.63) is 112 Å². The summed E-state index contributed by atoms with van der Waals surface area (Å²) in [5.41, 5.74) is 6.07. The molecule has 0 unspecified atom stereocenters. The molecule has 0 aliphatic carbocycles. The number of nitrogens with zero attached hydrogens (tertiary/aromatic N) is 2. The Balaban J connectivity index is 1.32. The SMILES string of the molecule is Cc1ccc(C)c(CN(Cc2ccc3c(c2)OCO3)Cc2nc(C(=O)N[C@H](C)c3ccccc3)co2)c1. The van der Waals surface area contributed by atoms with Crippen LogP contribution in [0.1, 0.15) is 57.2 Å². The van der Waals surface area contributed by atoms with Gasteiger partial charge >= 0.3 is 0 Å². The smallest absolute Gasteiger partial charge is 0.273 e. The van der Waals surface area contributed by atoms with Crippen molar-refractivity contribution in [2.45, 2.75) is 46.4 Å². The third kappa shape index (κ3) is 6.01. The second-order valence-corrected chi connectivity index (χ2v) is 9.50. The monoisotopic (exact) mass is 497 g/mol. The summed E-state index contributed by atoms with van der Waals surface area (Å²) in [4.78, 5) is 19.6. The molecular weight excluding hydrogens is 466 g/mol. The fourth-order valence-corrected chi connectivity index (χ4v) is 4.45. The summed E-state index contributed by atoms with van der Waals surface area (Å²) >= 11 is 0.